The van der Waals surface area contributed by atoms with Gasteiger partial charge in [0, 0.05) is 52.0 Å². The van der Waals surface area contributed by atoms with Gasteiger partial charge in [0.25, 0.3) is 0 Å². The predicted octanol–water partition coefficient (Wildman–Crippen LogP) is 13.2. The summed E-state index contributed by atoms with van der Waals surface area (Å²) in [6.45, 7) is 6.27. The normalized spacial score (nSPS) is 11.8. The number of para-hydroxylation sites is 6. The highest BCUT2D eigenvalue weighted by molar-refractivity contribution is 6.09. The summed E-state index contributed by atoms with van der Waals surface area (Å²) in [5.41, 5.74) is 9.90. The molecule has 3 N–H and O–H groups in total. The van der Waals surface area contributed by atoms with Crippen LogP contribution in [-0.2, 0) is 0 Å². The molecule has 0 amide bonds. The predicted molar refractivity (Wildman–Crippen MR) is 261 cm³/mol. The van der Waals surface area contributed by atoms with Crippen LogP contribution in [0.1, 0.15) is 57.8 Å². The van der Waals surface area contributed by atoms with Gasteiger partial charge in [-0.15, -0.1) is 0 Å². The van der Waals surface area contributed by atoms with Crippen molar-refractivity contribution in [2.75, 3.05) is 55.2 Å². The average molecular weight is 804 g/mol. The number of fused-ring (bicyclic) bond motifs is 6. The van der Waals surface area contributed by atoms with Gasteiger partial charge in [-0.3, -0.25) is 0 Å². The van der Waals surface area contributed by atoms with Crippen LogP contribution in [0.2, 0.25) is 0 Å². The van der Waals surface area contributed by atoms with Gasteiger partial charge in [-0.1, -0.05) is 135 Å². The number of hydrogen-bond donors (Lipinski definition) is 3. The van der Waals surface area contributed by atoms with E-state index in [0.29, 0.717) is 0 Å². The number of pyridine rings is 3. The van der Waals surface area contributed by atoms with Gasteiger partial charge >= 0.3 is 0 Å². The van der Waals surface area contributed by atoms with Crippen LogP contribution in [-0.4, -0.2) is 59.1 Å². The molecule has 0 aliphatic rings. The van der Waals surface area contributed by atoms with Gasteiger partial charge < -0.3 is 20.9 Å². The number of hydrogen-bond acceptors (Lipinski definition) is 7. The summed E-state index contributed by atoms with van der Waals surface area (Å²) in [7, 11) is 0. The third kappa shape index (κ3) is 9.53. The smallest absolute Gasteiger partial charge is 0.0730 e. The molecule has 9 aromatic rings. The van der Waals surface area contributed by atoms with Gasteiger partial charge in [-0.2, -0.15) is 0 Å². The largest absolute Gasteiger partial charge is 0.384 e. The molecule has 0 fully saturated rings. The van der Waals surface area contributed by atoms with Gasteiger partial charge in [0.05, 0.1) is 50.2 Å². The molecule has 0 aliphatic heterocycles. The highest BCUT2D eigenvalue weighted by Crippen LogP contribution is 2.33. The first-order valence-electron chi connectivity index (χ1n) is 22.6. The van der Waals surface area contributed by atoms with E-state index in [-0.39, 0.29) is 0 Å². The van der Waals surface area contributed by atoms with E-state index < -0.39 is 0 Å². The van der Waals surface area contributed by atoms with Crippen molar-refractivity contribution in [2.24, 2.45) is 0 Å². The molecule has 6 aromatic carbocycles. The second-order valence-corrected chi connectivity index (χ2v) is 16.4. The van der Waals surface area contributed by atoms with E-state index in [4.69, 9.17) is 15.0 Å². The molecule has 7 heteroatoms. The lowest BCUT2D eigenvalue weighted by Crippen LogP contribution is -2.28. The van der Waals surface area contributed by atoms with Crippen LogP contribution in [0.15, 0.2) is 146 Å². The first kappa shape index (κ1) is 40.1. The minimum atomic E-state index is 0.933. The molecule has 0 atom stereocenters. The summed E-state index contributed by atoms with van der Waals surface area (Å²) < 4.78 is 0. The van der Waals surface area contributed by atoms with Crippen molar-refractivity contribution in [1.82, 2.24) is 19.9 Å². The summed E-state index contributed by atoms with van der Waals surface area (Å²) >= 11 is 0. The van der Waals surface area contributed by atoms with Crippen molar-refractivity contribution in [2.45, 2.75) is 57.8 Å². The zero-order valence-electron chi connectivity index (χ0n) is 35.3. The molecule has 0 saturated heterocycles. The van der Waals surface area contributed by atoms with Gasteiger partial charge in [0.2, 0.25) is 0 Å². The van der Waals surface area contributed by atoms with Crippen LogP contribution in [0.4, 0.5) is 17.1 Å². The molecular formula is C54H57N7. The Morgan fingerprint density at radius 3 is 0.836 bits per heavy atom. The average Bonchev–Trinajstić information content (AvgIpc) is 3.30. The van der Waals surface area contributed by atoms with E-state index in [1.54, 1.807) is 0 Å². The van der Waals surface area contributed by atoms with Crippen molar-refractivity contribution < 1.29 is 0 Å². The Balaban J connectivity index is 0.770. The number of nitrogens with zero attached hydrogens (tertiary/aromatic N) is 4. The molecule has 0 bridgehead atoms. The second kappa shape index (κ2) is 19.8. The van der Waals surface area contributed by atoms with Crippen molar-refractivity contribution in [1.29, 1.82) is 0 Å². The Hall–Kier alpha value is -6.31. The highest BCUT2D eigenvalue weighted by Gasteiger charge is 2.12. The molecule has 61 heavy (non-hydrogen) atoms. The number of unbranched alkanes of at least 4 members (excludes halogenated alkanes) is 6. The molecule has 308 valence electrons. The standard InChI is InChI=1S/C54H57N7/c1(17-34-55-52-40-22-5-11-28-46(40)58-47-29-12-6-23-41(47)52)3-19-37-61(39-21-36-57-54-44-26-9-15-32-50(44)60-51-33-16-10-27-45(51)54)38-20-4-2-18-35-56-53-42-24-7-13-30-48(42)59-49-31-14-8-25-43(49)53/h5-16,22-33H,1-4,17-21,34-39H2,(H,55,58)(H,56,59)(H,57,60). The fourth-order valence-electron chi connectivity index (χ4n) is 9.00. The highest BCUT2D eigenvalue weighted by atomic mass is 15.1. The van der Waals surface area contributed by atoms with Crippen LogP contribution in [0.3, 0.4) is 0 Å². The van der Waals surface area contributed by atoms with E-state index in [0.717, 1.165) is 91.6 Å². The fourth-order valence-corrected chi connectivity index (χ4v) is 9.00. The van der Waals surface area contributed by atoms with Crippen molar-refractivity contribution in [3.8, 4) is 0 Å². The summed E-state index contributed by atoms with van der Waals surface area (Å²) in [4.78, 5) is 17.5. The van der Waals surface area contributed by atoms with E-state index >= 15 is 0 Å². The van der Waals surface area contributed by atoms with E-state index in [9.17, 15) is 0 Å². The van der Waals surface area contributed by atoms with E-state index in [1.807, 2.05) is 0 Å². The lowest BCUT2D eigenvalue weighted by Gasteiger charge is -2.23. The monoisotopic (exact) mass is 803 g/mol. The maximum absolute atomic E-state index is 4.93. The van der Waals surface area contributed by atoms with E-state index in [2.05, 4.69) is 166 Å². The first-order chi connectivity index (χ1) is 30.3. The Labute approximate surface area is 359 Å². The molecule has 0 spiro atoms. The number of benzene rings is 6. The van der Waals surface area contributed by atoms with Crippen LogP contribution in [0, 0.1) is 0 Å². The zero-order valence-corrected chi connectivity index (χ0v) is 35.3. The minimum absolute atomic E-state index is 0.933. The quantitative estimate of drug-likeness (QED) is 0.0493. The summed E-state index contributed by atoms with van der Waals surface area (Å²) in [6, 6.07) is 50.9. The van der Waals surface area contributed by atoms with Crippen LogP contribution < -0.4 is 16.0 Å². The molecular weight excluding hydrogens is 747 g/mol. The summed E-state index contributed by atoms with van der Waals surface area (Å²) in [5.74, 6) is 0. The Bertz CT molecular complexity index is 2580. The third-order valence-electron chi connectivity index (χ3n) is 12.1. The van der Waals surface area contributed by atoms with Gasteiger partial charge in [0.15, 0.2) is 0 Å². The van der Waals surface area contributed by atoms with Crippen molar-refractivity contribution in [3.05, 3.63) is 146 Å². The Morgan fingerprint density at radius 1 is 0.279 bits per heavy atom. The molecule has 0 radical (unpaired) electrons. The number of anilines is 3. The van der Waals surface area contributed by atoms with Crippen molar-refractivity contribution in [3.63, 3.8) is 0 Å². The maximum atomic E-state index is 4.93. The summed E-state index contributed by atoms with van der Waals surface area (Å²) in [6.07, 6.45) is 10.8. The van der Waals surface area contributed by atoms with Gasteiger partial charge in [-0.25, -0.2) is 15.0 Å². The first-order valence-corrected chi connectivity index (χ1v) is 22.6. The van der Waals surface area contributed by atoms with Crippen molar-refractivity contribution >= 4 is 82.5 Å². The molecule has 9 rings (SSSR count). The minimum Gasteiger partial charge on any atom is -0.384 e. The van der Waals surface area contributed by atoms with Crippen LogP contribution in [0.25, 0.3) is 65.4 Å². The zero-order chi connectivity index (χ0) is 41.1. The third-order valence-corrected chi connectivity index (χ3v) is 12.1. The molecule has 3 aromatic heterocycles. The molecule has 0 aliphatic carbocycles. The maximum Gasteiger partial charge on any atom is 0.0730 e. The lowest BCUT2D eigenvalue weighted by atomic mass is 10.1. The molecule has 0 unspecified atom stereocenters. The number of aromatic nitrogens is 3. The SMILES string of the molecule is c1ccc2c(NCCCCCCN(CCCCCCNc3c4ccccc4nc4ccccc34)CCCNc3c4ccccc4nc4ccccc34)c3ccccc3nc2c1. The number of nitrogens with one attached hydrogen (secondary N) is 3. The summed E-state index contributed by atoms with van der Waals surface area (Å²) in [5, 5.41) is 18.6. The number of rotatable bonds is 21. The second-order valence-electron chi connectivity index (χ2n) is 16.4. The van der Waals surface area contributed by atoms with Crippen LogP contribution >= 0.6 is 0 Å². The fraction of sp³-hybridized carbons (Fsp3) is 0.278. The molecule has 0 saturated carbocycles. The Kier molecular flexibility index (Phi) is 13.0. The molecule has 3 heterocycles. The Morgan fingerprint density at radius 2 is 0.525 bits per heavy atom. The topological polar surface area (TPSA) is 78.0 Å². The van der Waals surface area contributed by atoms with Gasteiger partial charge in [-0.05, 0) is 88.1 Å². The molecule has 7 nitrogen and oxygen atoms in total. The van der Waals surface area contributed by atoms with Gasteiger partial charge in [0.1, 0.15) is 0 Å². The van der Waals surface area contributed by atoms with Crippen LogP contribution in [0.5, 0.6) is 0 Å². The van der Waals surface area contributed by atoms with E-state index in [1.165, 1.54) is 87.9 Å². The lowest BCUT2D eigenvalue weighted by molar-refractivity contribution is 0.260.